The summed E-state index contributed by atoms with van der Waals surface area (Å²) in [6, 6.07) is 10.6. The topological polar surface area (TPSA) is 108 Å². The third-order valence-corrected chi connectivity index (χ3v) is 4.08. The summed E-state index contributed by atoms with van der Waals surface area (Å²) in [5, 5.41) is 13.9. The van der Waals surface area contributed by atoms with E-state index in [4.69, 9.17) is 4.74 Å². The Hall–Kier alpha value is -3.42. The number of hydrogen-bond acceptors (Lipinski definition) is 6. The second kappa shape index (κ2) is 7.22. The molecule has 0 unspecified atom stereocenters. The van der Waals surface area contributed by atoms with E-state index in [1.54, 1.807) is 0 Å². The van der Waals surface area contributed by atoms with Crippen LogP contribution in [0.2, 0.25) is 0 Å². The highest BCUT2D eigenvalue weighted by molar-refractivity contribution is 5.99. The predicted molar refractivity (Wildman–Crippen MR) is 91.2 cm³/mol. The van der Waals surface area contributed by atoms with Gasteiger partial charge in [-0.25, -0.2) is 4.79 Å². The molecule has 0 saturated heterocycles. The first kappa shape index (κ1) is 17.4. The summed E-state index contributed by atoms with van der Waals surface area (Å²) >= 11 is 0. The molecule has 8 heteroatoms. The largest absolute Gasteiger partial charge is 0.493 e. The lowest BCUT2D eigenvalue weighted by Gasteiger charge is -2.26. The van der Waals surface area contributed by atoms with Gasteiger partial charge in [-0.15, -0.1) is 0 Å². The molecule has 26 heavy (non-hydrogen) atoms. The van der Waals surface area contributed by atoms with Gasteiger partial charge >= 0.3 is 5.97 Å². The first-order valence-corrected chi connectivity index (χ1v) is 7.90. The molecule has 8 nitrogen and oxygen atoms in total. The quantitative estimate of drug-likeness (QED) is 0.512. The number of benzene rings is 2. The first-order valence-electron chi connectivity index (χ1n) is 7.90. The number of methoxy groups -OCH3 is 1. The minimum absolute atomic E-state index is 0.0172. The van der Waals surface area contributed by atoms with Crippen molar-refractivity contribution in [3.05, 3.63) is 69.3 Å². The lowest BCUT2D eigenvalue weighted by atomic mass is 10.00. The maximum absolute atomic E-state index is 12.6. The Balaban J connectivity index is 1.90. The van der Waals surface area contributed by atoms with Crippen molar-refractivity contribution in [2.24, 2.45) is 0 Å². The molecular weight excluding hydrogens is 340 g/mol. The lowest BCUT2D eigenvalue weighted by molar-refractivity contribution is -0.384. The molecule has 1 N–H and O–H groups in total. The van der Waals surface area contributed by atoms with Gasteiger partial charge in [0.05, 0.1) is 30.2 Å². The Bertz CT molecular complexity index is 880. The van der Waals surface area contributed by atoms with Gasteiger partial charge in [0.2, 0.25) is 0 Å². The molecule has 0 fully saturated rings. The average Bonchev–Trinajstić information content (AvgIpc) is 2.67. The van der Waals surface area contributed by atoms with Crippen LogP contribution in [0.4, 0.5) is 5.69 Å². The summed E-state index contributed by atoms with van der Waals surface area (Å²) in [6.45, 7) is 0.449. The smallest absolute Gasteiger partial charge is 0.338 e. The molecule has 2 aromatic rings. The summed E-state index contributed by atoms with van der Waals surface area (Å²) in [6.07, 6.45) is 0.571. The van der Waals surface area contributed by atoms with Crippen molar-refractivity contribution < 1.29 is 24.0 Å². The minimum atomic E-state index is -0.751. The van der Waals surface area contributed by atoms with Crippen LogP contribution >= 0.6 is 0 Å². The van der Waals surface area contributed by atoms with Crippen LogP contribution < -0.4 is 10.1 Å². The van der Waals surface area contributed by atoms with E-state index in [1.165, 1.54) is 13.2 Å². The number of hydrogen-bond donors (Lipinski definition) is 1. The standard InChI is InChI=1S/C18H16N2O6/c1-25-18(22)12-8-11(9-13(10-12)20(23)24)17(21)19-15-6-7-26-16-5-3-2-4-14(15)16/h2-5,8-10,15H,6-7H2,1H3,(H,19,21)/t15-/m1/s1. The van der Waals surface area contributed by atoms with Gasteiger partial charge in [0.15, 0.2) is 0 Å². The maximum atomic E-state index is 12.6. The van der Waals surface area contributed by atoms with Crippen LogP contribution in [-0.4, -0.2) is 30.5 Å². The first-order chi connectivity index (χ1) is 12.5. The van der Waals surface area contributed by atoms with Crippen LogP contribution in [0, 0.1) is 10.1 Å². The fourth-order valence-corrected chi connectivity index (χ4v) is 2.82. The van der Waals surface area contributed by atoms with Gasteiger partial charge in [-0.2, -0.15) is 0 Å². The fraction of sp³-hybridized carbons (Fsp3) is 0.222. The second-order valence-electron chi connectivity index (χ2n) is 5.72. The predicted octanol–water partition coefficient (Wildman–Crippen LogP) is 2.64. The molecule has 2 aromatic carbocycles. The number of carbonyl (C=O) groups is 2. The number of para-hydroxylation sites is 1. The summed E-state index contributed by atoms with van der Waals surface area (Å²) in [5.41, 5.74) is 0.443. The van der Waals surface area contributed by atoms with Crippen LogP contribution in [0.15, 0.2) is 42.5 Å². The molecule has 0 saturated carbocycles. The van der Waals surface area contributed by atoms with Gasteiger partial charge in [-0.3, -0.25) is 14.9 Å². The van der Waals surface area contributed by atoms with Crippen molar-refractivity contribution in [2.75, 3.05) is 13.7 Å². The molecule has 134 valence electrons. The van der Waals surface area contributed by atoms with E-state index < -0.39 is 16.8 Å². The Kier molecular flexibility index (Phi) is 4.83. The van der Waals surface area contributed by atoms with Crippen molar-refractivity contribution in [1.29, 1.82) is 0 Å². The Morgan fingerprint density at radius 2 is 1.96 bits per heavy atom. The van der Waals surface area contributed by atoms with Crippen LogP contribution in [0.3, 0.4) is 0 Å². The monoisotopic (exact) mass is 356 g/mol. The van der Waals surface area contributed by atoms with Crippen LogP contribution in [0.1, 0.15) is 38.7 Å². The van der Waals surface area contributed by atoms with E-state index >= 15 is 0 Å². The van der Waals surface area contributed by atoms with Gasteiger partial charge in [0, 0.05) is 29.7 Å². The van der Waals surface area contributed by atoms with Crippen molar-refractivity contribution in [2.45, 2.75) is 12.5 Å². The van der Waals surface area contributed by atoms with E-state index in [0.717, 1.165) is 17.7 Å². The normalized spacial score (nSPS) is 15.3. The maximum Gasteiger partial charge on any atom is 0.338 e. The van der Waals surface area contributed by atoms with Gasteiger partial charge < -0.3 is 14.8 Å². The van der Waals surface area contributed by atoms with Crippen LogP contribution in [-0.2, 0) is 4.74 Å². The molecule has 3 rings (SSSR count). The number of rotatable bonds is 4. The lowest BCUT2D eigenvalue weighted by Crippen LogP contribution is -2.32. The summed E-state index contributed by atoms with van der Waals surface area (Å²) < 4.78 is 10.1. The highest BCUT2D eigenvalue weighted by Gasteiger charge is 2.25. The van der Waals surface area contributed by atoms with Crippen molar-refractivity contribution in [3.8, 4) is 5.75 Å². The summed E-state index contributed by atoms with van der Waals surface area (Å²) in [4.78, 5) is 34.8. The third kappa shape index (κ3) is 3.49. The molecule has 1 amide bonds. The molecule has 0 bridgehead atoms. The van der Waals surface area contributed by atoms with Crippen LogP contribution in [0.25, 0.3) is 0 Å². The SMILES string of the molecule is COC(=O)c1cc(C(=O)N[C@@H]2CCOc3ccccc32)cc([N+](=O)[O-])c1. The van der Waals surface area contributed by atoms with Crippen molar-refractivity contribution in [1.82, 2.24) is 5.32 Å². The number of nitro groups is 1. The molecule has 1 heterocycles. The van der Waals surface area contributed by atoms with Crippen molar-refractivity contribution in [3.63, 3.8) is 0 Å². The molecule has 0 spiro atoms. The molecular formula is C18H16N2O6. The highest BCUT2D eigenvalue weighted by atomic mass is 16.6. The third-order valence-electron chi connectivity index (χ3n) is 4.08. The molecule has 0 radical (unpaired) electrons. The van der Waals surface area contributed by atoms with Gasteiger partial charge in [0.1, 0.15) is 5.75 Å². The number of fused-ring (bicyclic) bond motifs is 1. The minimum Gasteiger partial charge on any atom is -0.493 e. The van der Waals surface area contributed by atoms with E-state index in [9.17, 15) is 19.7 Å². The van der Waals surface area contributed by atoms with E-state index in [1.807, 2.05) is 24.3 Å². The summed E-state index contributed by atoms with van der Waals surface area (Å²) in [7, 11) is 1.17. The molecule has 0 aliphatic carbocycles. The number of nitrogens with one attached hydrogen (secondary N) is 1. The van der Waals surface area contributed by atoms with Crippen molar-refractivity contribution >= 4 is 17.6 Å². The Morgan fingerprint density at radius 3 is 2.69 bits per heavy atom. The zero-order valence-corrected chi connectivity index (χ0v) is 13.9. The van der Waals surface area contributed by atoms with Gasteiger partial charge in [0.25, 0.3) is 11.6 Å². The molecule has 1 aliphatic heterocycles. The number of non-ortho nitro benzene ring substituents is 1. The molecule has 1 aliphatic rings. The highest BCUT2D eigenvalue weighted by Crippen LogP contribution is 2.31. The number of esters is 1. The van der Waals surface area contributed by atoms with Gasteiger partial charge in [-0.05, 0) is 12.1 Å². The van der Waals surface area contributed by atoms with Gasteiger partial charge in [-0.1, -0.05) is 18.2 Å². The second-order valence-corrected chi connectivity index (χ2v) is 5.72. The number of amides is 1. The zero-order valence-electron chi connectivity index (χ0n) is 13.9. The van der Waals surface area contributed by atoms with E-state index in [2.05, 4.69) is 10.1 Å². The average molecular weight is 356 g/mol. The fourth-order valence-electron chi connectivity index (χ4n) is 2.82. The Labute approximate surface area is 148 Å². The Morgan fingerprint density at radius 1 is 1.23 bits per heavy atom. The number of nitro benzene ring substituents is 1. The van der Waals surface area contributed by atoms with Crippen LogP contribution in [0.5, 0.6) is 5.75 Å². The molecule has 1 atom stereocenters. The number of carbonyl (C=O) groups excluding carboxylic acids is 2. The van der Waals surface area contributed by atoms with E-state index in [-0.39, 0.29) is 22.9 Å². The zero-order chi connectivity index (χ0) is 18.7. The number of ether oxygens (including phenoxy) is 2. The summed E-state index contributed by atoms with van der Waals surface area (Å²) in [5.74, 6) is -0.571. The molecule has 0 aromatic heterocycles. The van der Waals surface area contributed by atoms with E-state index in [0.29, 0.717) is 18.8 Å². The number of nitrogens with zero attached hydrogens (tertiary/aromatic N) is 1.